The molecule has 35 heavy (non-hydrogen) atoms. The van der Waals surface area contributed by atoms with E-state index in [0.29, 0.717) is 54.3 Å². The van der Waals surface area contributed by atoms with E-state index in [4.69, 9.17) is 0 Å². The lowest BCUT2D eigenvalue weighted by Crippen LogP contribution is -2.44. The maximum Gasteiger partial charge on any atom is 0.295 e. The van der Waals surface area contributed by atoms with Gasteiger partial charge in [0.05, 0.1) is 12.5 Å². The normalized spacial score (nSPS) is 15.8. The van der Waals surface area contributed by atoms with Crippen molar-refractivity contribution in [3.8, 4) is 0 Å². The molecule has 0 spiro atoms. The van der Waals surface area contributed by atoms with Crippen LogP contribution in [0.5, 0.6) is 0 Å². The highest BCUT2D eigenvalue weighted by Crippen LogP contribution is 2.24. The van der Waals surface area contributed by atoms with Gasteiger partial charge < -0.3 is 10.2 Å². The largest absolute Gasteiger partial charge is 0.351 e. The Balaban J connectivity index is 1.44. The van der Waals surface area contributed by atoms with Crippen LogP contribution in [0.1, 0.15) is 24.0 Å². The molecule has 1 saturated heterocycles. The van der Waals surface area contributed by atoms with Crippen LogP contribution in [0.4, 0.5) is 15.9 Å². The van der Waals surface area contributed by atoms with Crippen LogP contribution in [0.3, 0.4) is 0 Å². The van der Waals surface area contributed by atoms with Gasteiger partial charge in [-0.15, -0.1) is 0 Å². The Morgan fingerprint density at radius 2 is 1.97 bits per heavy atom. The maximum absolute atomic E-state index is 13.6. The van der Waals surface area contributed by atoms with Gasteiger partial charge in [0.2, 0.25) is 5.91 Å². The number of carbonyl (C=O) groups is 1. The van der Waals surface area contributed by atoms with Crippen molar-refractivity contribution in [1.82, 2.24) is 14.5 Å². The average Bonchev–Trinajstić information content (AvgIpc) is 2.88. The summed E-state index contributed by atoms with van der Waals surface area (Å²) < 4.78 is 15.1. The molecule has 1 atom stereocenters. The summed E-state index contributed by atoms with van der Waals surface area (Å²) in [5.74, 6) is -0.470. The highest BCUT2D eigenvalue weighted by Gasteiger charge is 2.29. The van der Waals surface area contributed by atoms with E-state index in [9.17, 15) is 14.0 Å². The molecular formula is C27H26FN5O2. The molecule has 0 radical (unpaired) electrons. The number of piperidine rings is 1. The lowest BCUT2D eigenvalue weighted by atomic mass is 9.97. The Labute approximate surface area is 202 Å². The number of pyridine rings is 1. The van der Waals surface area contributed by atoms with Gasteiger partial charge in [-0.3, -0.25) is 14.2 Å². The second-order valence-electron chi connectivity index (χ2n) is 8.89. The smallest absolute Gasteiger partial charge is 0.295 e. The van der Waals surface area contributed by atoms with E-state index in [1.807, 2.05) is 41.3 Å². The molecule has 0 aliphatic carbocycles. The highest BCUT2D eigenvalue weighted by molar-refractivity contribution is 5.93. The molecule has 1 amide bonds. The number of hydrogen-bond acceptors (Lipinski definition) is 5. The second kappa shape index (κ2) is 9.66. The Hall–Kier alpha value is -4.07. The molecule has 2 aromatic heterocycles. The van der Waals surface area contributed by atoms with Crippen LogP contribution in [-0.4, -0.2) is 33.5 Å². The molecule has 1 aliphatic heterocycles. The zero-order chi connectivity index (χ0) is 24.4. The molecule has 8 heteroatoms. The van der Waals surface area contributed by atoms with E-state index < -0.39 is 0 Å². The maximum atomic E-state index is 13.6. The van der Waals surface area contributed by atoms with Crippen LogP contribution in [0.15, 0.2) is 71.7 Å². The molecule has 0 bridgehead atoms. The number of rotatable bonds is 5. The SMILES string of the molecule is Cc1cc(F)ccc1NC(=O)[C@@H]1CCCN(c2nc3cccnc3n(Cc3ccccc3)c2=O)C1. The standard InChI is InChI=1S/C27H26FN5O2/c1-18-15-21(28)11-12-22(18)31-26(34)20-9-6-14-32(17-20)25-27(35)33(16-19-7-3-2-4-8-19)24-23(30-25)10-5-13-29-24/h2-5,7-8,10-13,15,20H,6,9,14,16-17H2,1H3,(H,31,34)/t20-/m1/s1. The van der Waals surface area contributed by atoms with E-state index in [0.717, 1.165) is 12.0 Å². The van der Waals surface area contributed by atoms with Gasteiger partial charge in [-0.25, -0.2) is 14.4 Å². The minimum absolute atomic E-state index is 0.142. The molecule has 1 aliphatic rings. The van der Waals surface area contributed by atoms with E-state index in [2.05, 4.69) is 15.3 Å². The van der Waals surface area contributed by atoms with Gasteiger partial charge in [0, 0.05) is 25.0 Å². The molecular weight excluding hydrogens is 445 g/mol. The number of fused-ring (bicyclic) bond motifs is 1. The van der Waals surface area contributed by atoms with Crippen LogP contribution < -0.4 is 15.8 Å². The lowest BCUT2D eigenvalue weighted by molar-refractivity contribution is -0.120. The van der Waals surface area contributed by atoms with Crippen molar-refractivity contribution in [1.29, 1.82) is 0 Å². The fraction of sp³-hybridized carbons (Fsp3) is 0.259. The summed E-state index contributed by atoms with van der Waals surface area (Å²) in [4.78, 5) is 37.6. The van der Waals surface area contributed by atoms with Crippen LogP contribution in [0.25, 0.3) is 11.2 Å². The van der Waals surface area contributed by atoms with Crippen molar-refractivity contribution >= 4 is 28.6 Å². The molecule has 3 heterocycles. The first-order chi connectivity index (χ1) is 17.0. The van der Waals surface area contributed by atoms with Crippen molar-refractivity contribution in [3.05, 3.63) is 94.2 Å². The van der Waals surface area contributed by atoms with Gasteiger partial charge in [-0.2, -0.15) is 0 Å². The Bertz CT molecular complexity index is 1440. The highest BCUT2D eigenvalue weighted by atomic mass is 19.1. The van der Waals surface area contributed by atoms with Crippen LogP contribution in [0.2, 0.25) is 0 Å². The van der Waals surface area contributed by atoms with Crippen molar-refractivity contribution in [2.45, 2.75) is 26.3 Å². The van der Waals surface area contributed by atoms with Crippen molar-refractivity contribution < 1.29 is 9.18 Å². The number of nitrogens with zero attached hydrogens (tertiary/aromatic N) is 4. The summed E-state index contributed by atoms with van der Waals surface area (Å²) in [6, 6.07) is 17.7. The lowest BCUT2D eigenvalue weighted by Gasteiger charge is -2.32. The van der Waals surface area contributed by atoms with Crippen molar-refractivity contribution in [2.75, 3.05) is 23.3 Å². The molecule has 2 aromatic carbocycles. The first-order valence-corrected chi connectivity index (χ1v) is 11.7. The predicted molar refractivity (Wildman–Crippen MR) is 134 cm³/mol. The summed E-state index contributed by atoms with van der Waals surface area (Å²) in [7, 11) is 0. The first-order valence-electron chi connectivity index (χ1n) is 11.7. The summed E-state index contributed by atoms with van der Waals surface area (Å²) in [6.07, 6.45) is 3.12. The fourth-order valence-electron chi connectivity index (χ4n) is 4.57. The monoisotopic (exact) mass is 471 g/mol. The quantitative estimate of drug-likeness (QED) is 0.473. The number of aromatic nitrogens is 3. The molecule has 178 valence electrons. The van der Waals surface area contributed by atoms with E-state index in [1.54, 1.807) is 29.8 Å². The number of amides is 1. The van der Waals surface area contributed by atoms with E-state index in [-0.39, 0.29) is 23.2 Å². The van der Waals surface area contributed by atoms with Gasteiger partial charge in [0.1, 0.15) is 11.3 Å². The van der Waals surface area contributed by atoms with E-state index in [1.165, 1.54) is 12.1 Å². The molecule has 1 N–H and O–H groups in total. The molecule has 0 saturated carbocycles. The summed E-state index contributed by atoms with van der Waals surface area (Å²) >= 11 is 0. The minimum atomic E-state index is -0.340. The van der Waals surface area contributed by atoms with Gasteiger partial charge >= 0.3 is 0 Å². The number of nitrogens with one attached hydrogen (secondary N) is 1. The van der Waals surface area contributed by atoms with Gasteiger partial charge in [0.15, 0.2) is 11.5 Å². The third kappa shape index (κ3) is 4.77. The van der Waals surface area contributed by atoms with Gasteiger partial charge in [-0.1, -0.05) is 30.3 Å². The van der Waals surface area contributed by atoms with Crippen molar-refractivity contribution in [3.63, 3.8) is 0 Å². The molecule has 0 unspecified atom stereocenters. The Morgan fingerprint density at radius 1 is 1.14 bits per heavy atom. The third-order valence-corrected chi connectivity index (χ3v) is 6.41. The topological polar surface area (TPSA) is 80.1 Å². The Kier molecular flexibility index (Phi) is 6.27. The van der Waals surface area contributed by atoms with E-state index >= 15 is 0 Å². The third-order valence-electron chi connectivity index (χ3n) is 6.41. The minimum Gasteiger partial charge on any atom is -0.351 e. The number of anilines is 2. The summed E-state index contributed by atoms with van der Waals surface area (Å²) in [5, 5.41) is 2.92. The summed E-state index contributed by atoms with van der Waals surface area (Å²) in [6.45, 7) is 3.16. The molecule has 7 nitrogen and oxygen atoms in total. The predicted octanol–water partition coefficient (Wildman–Crippen LogP) is 4.14. The Morgan fingerprint density at radius 3 is 2.77 bits per heavy atom. The number of hydrogen-bond donors (Lipinski definition) is 1. The number of benzene rings is 2. The molecule has 5 rings (SSSR count). The zero-order valence-corrected chi connectivity index (χ0v) is 19.4. The van der Waals surface area contributed by atoms with Crippen molar-refractivity contribution in [2.24, 2.45) is 5.92 Å². The first kappa shape index (κ1) is 22.7. The van der Waals surface area contributed by atoms with Crippen LogP contribution in [0, 0.1) is 18.7 Å². The number of aryl methyl sites for hydroxylation is 1. The zero-order valence-electron chi connectivity index (χ0n) is 19.4. The molecule has 1 fully saturated rings. The average molecular weight is 472 g/mol. The number of halogens is 1. The van der Waals surface area contributed by atoms with Crippen LogP contribution >= 0.6 is 0 Å². The van der Waals surface area contributed by atoms with Gasteiger partial charge in [0.25, 0.3) is 5.56 Å². The number of carbonyl (C=O) groups excluding carboxylic acids is 1. The molecule has 4 aromatic rings. The fourth-order valence-corrected chi connectivity index (χ4v) is 4.57. The summed E-state index contributed by atoms with van der Waals surface area (Å²) in [5.41, 5.74) is 3.18. The second-order valence-corrected chi connectivity index (χ2v) is 8.89. The van der Waals surface area contributed by atoms with Gasteiger partial charge in [-0.05, 0) is 61.2 Å². The van der Waals surface area contributed by atoms with Crippen LogP contribution in [-0.2, 0) is 11.3 Å².